The van der Waals surface area contributed by atoms with Crippen LogP contribution in [0.3, 0.4) is 0 Å². The van der Waals surface area contributed by atoms with Gasteiger partial charge in [-0.2, -0.15) is 5.10 Å². The number of carbonyl (C=O) groups is 2. The lowest BCUT2D eigenvalue weighted by atomic mass is 10.1. The molecule has 0 saturated carbocycles. The quantitative estimate of drug-likeness (QED) is 0.616. The van der Waals surface area contributed by atoms with E-state index in [9.17, 15) is 14.4 Å². The molecule has 0 saturated heterocycles. The third kappa shape index (κ3) is 3.66. The molecular weight excluding hydrogens is 350 g/mol. The number of nitrogens with one attached hydrogen (secondary N) is 2. The molecule has 1 amide bonds. The van der Waals surface area contributed by atoms with E-state index >= 15 is 0 Å². The number of aromatic carboxylic acids is 1. The number of carboxylic acid groups (broad SMARTS) is 1. The average Bonchev–Trinajstić information content (AvgIpc) is 3.05. The molecule has 3 aromatic rings. The van der Waals surface area contributed by atoms with Crippen LogP contribution in [0.15, 0.2) is 35.6 Å². The van der Waals surface area contributed by atoms with Gasteiger partial charge in [0.1, 0.15) is 24.8 Å². The van der Waals surface area contributed by atoms with Gasteiger partial charge in [0.2, 0.25) is 5.91 Å². The van der Waals surface area contributed by atoms with Crippen LogP contribution in [-0.2, 0) is 17.9 Å². The fourth-order valence-electron chi connectivity index (χ4n) is 2.36. The summed E-state index contributed by atoms with van der Waals surface area (Å²) < 4.78 is 1.37. The molecule has 0 aliphatic carbocycles. The second-order valence-corrected chi connectivity index (χ2v) is 5.65. The molecule has 0 aliphatic rings. The maximum absolute atomic E-state index is 11.9. The van der Waals surface area contributed by atoms with Gasteiger partial charge in [0.05, 0.1) is 5.52 Å². The van der Waals surface area contributed by atoms with Gasteiger partial charge in [-0.25, -0.2) is 14.5 Å². The lowest BCUT2D eigenvalue weighted by molar-refractivity contribution is -0.122. The van der Waals surface area contributed by atoms with Gasteiger partial charge < -0.3 is 15.4 Å². The molecule has 0 radical (unpaired) electrons. The Morgan fingerprint density at radius 1 is 1.32 bits per heavy atom. The first kappa shape index (κ1) is 16.7. The van der Waals surface area contributed by atoms with Gasteiger partial charge in [-0.05, 0) is 23.8 Å². The summed E-state index contributed by atoms with van der Waals surface area (Å²) in [6.07, 6.45) is 2.74. The van der Waals surface area contributed by atoms with Crippen molar-refractivity contribution in [2.75, 3.05) is 0 Å². The highest BCUT2D eigenvalue weighted by Crippen LogP contribution is 2.22. The number of benzene rings is 1. The zero-order chi connectivity index (χ0) is 18.0. The van der Waals surface area contributed by atoms with Crippen LogP contribution in [0.5, 0.6) is 0 Å². The number of pyridine rings is 1. The molecule has 0 spiro atoms. The van der Waals surface area contributed by atoms with Crippen LogP contribution < -0.4 is 10.9 Å². The summed E-state index contributed by atoms with van der Waals surface area (Å²) >= 11 is 6.05. The van der Waals surface area contributed by atoms with E-state index in [2.05, 4.69) is 20.4 Å². The number of nitrogens with zero attached hydrogens (tertiary/aromatic N) is 3. The van der Waals surface area contributed by atoms with Crippen molar-refractivity contribution < 1.29 is 14.7 Å². The van der Waals surface area contributed by atoms with E-state index in [1.807, 2.05) is 0 Å². The van der Waals surface area contributed by atoms with E-state index in [1.165, 1.54) is 23.4 Å². The predicted molar refractivity (Wildman–Crippen MR) is 88.4 cm³/mol. The van der Waals surface area contributed by atoms with Crippen molar-refractivity contribution >= 4 is 34.4 Å². The molecule has 9 nitrogen and oxygen atoms in total. The third-order valence-corrected chi connectivity index (χ3v) is 3.70. The summed E-state index contributed by atoms with van der Waals surface area (Å²) in [5.41, 5.74) is -0.127. The SMILES string of the molecule is O=C(Cn1cncn1)NCc1cc(Cl)cc2cc(C(=O)O)c(=O)[nH]c12. The van der Waals surface area contributed by atoms with Crippen LogP contribution in [0.25, 0.3) is 10.9 Å². The standard InChI is InChI=1S/C15H12ClN5O4/c16-10-1-8-3-11(15(24)25)14(23)20-13(8)9(2-10)4-18-12(22)5-21-7-17-6-19-21/h1-3,6-7H,4-5H2,(H,18,22)(H,20,23)(H,24,25). The summed E-state index contributed by atoms with van der Waals surface area (Å²) in [5, 5.41) is 16.4. The first-order valence-corrected chi connectivity index (χ1v) is 7.49. The minimum atomic E-state index is -1.33. The third-order valence-electron chi connectivity index (χ3n) is 3.48. The molecule has 0 unspecified atom stereocenters. The van der Waals surface area contributed by atoms with E-state index in [1.54, 1.807) is 12.1 Å². The van der Waals surface area contributed by atoms with Crippen molar-refractivity contribution in [3.63, 3.8) is 0 Å². The Balaban J connectivity index is 1.88. The highest BCUT2D eigenvalue weighted by atomic mass is 35.5. The first-order valence-electron chi connectivity index (χ1n) is 7.12. The van der Waals surface area contributed by atoms with Gasteiger partial charge in [-0.15, -0.1) is 0 Å². The van der Waals surface area contributed by atoms with E-state index < -0.39 is 11.5 Å². The zero-order valence-corrected chi connectivity index (χ0v) is 13.4. The number of fused-ring (bicyclic) bond motifs is 1. The summed E-state index contributed by atoms with van der Waals surface area (Å²) in [4.78, 5) is 41.2. The smallest absolute Gasteiger partial charge is 0.341 e. The normalized spacial score (nSPS) is 10.8. The molecule has 2 aromatic heterocycles. The number of aromatic nitrogens is 4. The summed E-state index contributed by atoms with van der Waals surface area (Å²) in [5.74, 6) is -1.63. The van der Waals surface area contributed by atoms with Crippen molar-refractivity contribution in [2.24, 2.45) is 0 Å². The van der Waals surface area contributed by atoms with Gasteiger partial charge in [-0.1, -0.05) is 11.6 Å². The van der Waals surface area contributed by atoms with Crippen LogP contribution in [-0.4, -0.2) is 36.7 Å². The van der Waals surface area contributed by atoms with E-state index in [0.717, 1.165) is 0 Å². The van der Waals surface area contributed by atoms with Gasteiger partial charge >= 0.3 is 5.97 Å². The van der Waals surface area contributed by atoms with Crippen LogP contribution in [0, 0.1) is 0 Å². The minimum absolute atomic E-state index is 0.00181. The highest BCUT2D eigenvalue weighted by molar-refractivity contribution is 6.31. The highest BCUT2D eigenvalue weighted by Gasteiger charge is 2.13. The fourth-order valence-corrected chi connectivity index (χ4v) is 2.61. The fraction of sp³-hybridized carbons (Fsp3) is 0.133. The number of carboxylic acids is 1. The number of rotatable bonds is 5. The predicted octanol–water partition coefficient (Wildman–Crippen LogP) is 0.788. The van der Waals surface area contributed by atoms with Crippen molar-refractivity contribution in [2.45, 2.75) is 13.1 Å². The molecule has 1 aromatic carbocycles. The Labute approximate surface area is 145 Å². The second-order valence-electron chi connectivity index (χ2n) is 5.22. The first-order chi connectivity index (χ1) is 11.9. The Morgan fingerprint density at radius 3 is 2.80 bits per heavy atom. The van der Waals surface area contributed by atoms with E-state index in [4.69, 9.17) is 16.7 Å². The molecule has 3 rings (SSSR count). The van der Waals surface area contributed by atoms with Crippen LogP contribution in [0.2, 0.25) is 5.02 Å². The van der Waals surface area contributed by atoms with Crippen molar-refractivity contribution in [3.05, 3.63) is 57.4 Å². The number of amides is 1. The van der Waals surface area contributed by atoms with Crippen molar-refractivity contribution in [1.82, 2.24) is 25.1 Å². The van der Waals surface area contributed by atoms with E-state index in [-0.39, 0.29) is 24.6 Å². The van der Waals surface area contributed by atoms with Crippen LogP contribution >= 0.6 is 11.6 Å². The van der Waals surface area contributed by atoms with E-state index in [0.29, 0.717) is 21.5 Å². The van der Waals surface area contributed by atoms with Gasteiger partial charge in [0, 0.05) is 17.0 Å². The van der Waals surface area contributed by atoms with Gasteiger partial charge in [-0.3, -0.25) is 9.59 Å². The molecule has 128 valence electrons. The largest absolute Gasteiger partial charge is 0.477 e. The lowest BCUT2D eigenvalue weighted by Crippen LogP contribution is -2.27. The molecule has 10 heteroatoms. The Kier molecular flexibility index (Phi) is 4.48. The molecular formula is C15H12ClN5O4. The molecule has 2 heterocycles. The molecule has 0 bridgehead atoms. The number of aromatic amines is 1. The number of hydrogen-bond donors (Lipinski definition) is 3. The summed E-state index contributed by atoms with van der Waals surface area (Å²) in [6.45, 7) is 0.102. The monoisotopic (exact) mass is 361 g/mol. The van der Waals surface area contributed by atoms with Gasteiger partial charge in [0.25, 0.3) is 5.56 Å². The zero-order valence-electron chi connectivity index (χ0n) is 12.7. The molecule has 0 aliphatic heterocycles. The molecule has 0 atom stereocenters. The Hall–Kier alpha value is -3.20. The number of H-pyrrole nitrogens is 1. The number of halogens is 1. The topological polar surface area (TPSA) is 130 Å². The maximum Gasteiger partial charge on any atom is 0.341 e. The van der Waals surface area contributed by atoms with Crippen LogP contribution in [0.1, 0.15) is 15.9 Å². The maximum atomic E-state index is 11.9. The van der Waals surface area contributed by atoms with Crippen LogP contribution in [0.4, 0.5) is 0 Å². The number of carbonyl (C=O) groups excluding carboxylic acids is 1. The van der Waals surface area contributed by atoms with Gasteiger partial charge in [0.15, 0.2) is 0 Å². The summed E-state index contributed by atoms with van der Waals surface area (Å²) in [6, 6.07) is 4.39. The minimum Gasteiger partial charge on any atom is -0.477 e. The molecule has 25 heavy (non-hydrogen) atoms. The molecule has 0 fully saturated rings. The van der Waals surface area contributed by atoms with Crippen molar-refractivity contribution in [3.8, 4) is 0 Å². The number of hydrogen-bond acceptors (Lipinski definition) is 5. The average molecular weight is 362 g/mol. The Morgan fingerprint density at radius 2 is 2.12 bits per heavy atom. The lowest BCUT2D eigenvalue weighted by Gasteiger charge is -2.10. The summed E-state index contributed by atoms with van der Waals surface area (Å²) in [7, 11) is 0. The molecule has 3 N–H and O–H groups in total. The second kappa shape index (κ2) is 6.73. The van der Waals surface area contributed by atoms with Crippen molar-refractivity contribution in [1.29, 1.82) is 0 Å². The Bertz CT molecular complexity index is 1010.